The lowest BCUT2D eigenvalue weighted by atomic mass is 9.64. The summed E-state index contributed by atoms with van der Waals surface area (Å²) in [6.07, 6.45) is 1.41. The average Bonchev–Trinajstić information content (AvgIpc) is 2.31. The van der Waals surface area contributed by atoms with Gasteiger partial charge in [-0.25, -0.2) is 9.59 Å². The Balaban J connectivity index is 4.75. The van der Waals surface area contributed by atoms with E-state index in [1.165, 1.54) is 0 Å². The number of hydrogen-bond acceptors (Lipinski definition) is 3. The number of rotatable bonds is 7. The standard InChI is InChI=1S/C17H33NO4/c1-9-16(5,6)17(7,8)11-10-12(13(19)20)18-14(21)22-15(2,3)4/h12H,9-11H2,1-8H3,(H,18,21)(H,19,20). The normalized spacial score (nSPS) is 14.4. The minimum absolute atomic E-state index is 0.0228. The molecule has 0 aliphatic rings. The number of amides is 1. The molecule has 0 spiro atoms. The number of nitrogens with one attached hydrogen (secondary N) is 1. The number of carbonyl (C=O) groups is 2. The van der Waals surface area contributed by atoms with E-state index >= 15 is 0 Å². The number of aliphatic carboxylic acids is 1. The highest BCUT2D eigenvalue weighted by atomic mass is 16.6. The maximum atomic E-state index is 11.8. The zero-order valence-electron chi connectivity index (χ0n) is 15.4. The molecule has 0 aliphatic carbocycles. The minimum Gasteiger partial charge on any atom is -0.480 e. The molecule has 1 amide bonds. The highest BCUT2D eigenvalue weighted by Gasteiger charge is 2.36. The van der Waals surface area contributed by atoms with Gasteiger partial charge in [-0.05, 0) is 44.4 Å². The van der Waals surface area contributed by atoms with Crippen molar-refractivity contribution < 1.29 is 19.4 Å². The predicted octanol–water partition coefficient (Wildman–Crippen LogP) is 4.21. The first-order valence-corrected chi connectivity index (χ1v) is 7.94. The zero-order chi connectivity index (χ0) is 17.8. The Kier molecular flexibility index (Phi) is 6.92. The van der Waals surface area contributed by atoms with E-state index in [-0.39, 0.29) is 10.8 Å². The van der Waals surface area contributed by atoms with Crippen LogP contribution < -0.4 is 5.32 Å². The third-order valence-electron chi connectivity index (χ3n) is 4.76. The van der Waals surface area contributed by atoms with Gasteiger partial charge in [0.2, 0.25) is 0 Å². The summed E-state index contributed by atoms with van der Waals surface area (Å²) >= 11 is 0. The van der Waals surface area contributed by atoms with Crippen molar-refractivity contribution in [1.29, 1.82) is 0 Å². The van der Waals surface area contributed by atoms with Crippen LogP contribution in [0.5, 0.6) is 0 Å². The molecule has 0 rings (SSSR count). The molecular formula is C17H33NO4. The topological polar surface area (TPSA) is 75.6 Å². The van der Waals surface area contributed by atoms with Crippen LogP contribution in [0.1, 0.15) is 74.7 Å². The van der Waals surface area contributed by atoms with Gasteiger partial charge in [0.05, 0.1) is 0 Å². The van der Waals surface area contributed by atoms with E-state index in [0.717, 1.165) is 6.42 Å². The van der Waals surface area contributed by atoms with Crippen LogP contribution in [0.4, 0.5) is 4.79 Å². The summed E-state index contributed by atoms with van der Waals surface area (Å²) in [5.74, 6) is -1.03. The maximum absolute atomic E-state index is 11.8. The highest BCUT2D eigenvalue weighted by Crippen LogP contribution is 2.44. The Morgan fingerprint density at radius 3 is 1.91 bits per heavy atom. The number of carbonyl (C=O) groups excluding carboxylic acids is 1. The first kappa shape index (κ1) is 20.7. The van der Waals surface area contributed by atoms with Crippen LogP contribution in [0.25, 0.3) is 0 Å². The van der Waals surface area contributed by atoms with Crippen molar-refractivity contribution in [2.24, 2.45) is 10.8 Å². The van der Waals surface area contributed by atoms with Gasteiger partial charge in [-0.2, -0.15) is 0 Å². The van der Waals surface area contributed by atoms with Gasteiger partial charge in [-0.15, -0.1) is 0 Å². The Bertz CT molecular complexity index is 394. The molecule has 0 heterocycles. The molecule has 22 heavy (non-hydrogen) atoms. The summed E-state index contributed by atoms with van der Waals surface area (Å²) in [5.41, 5.74) is -0.566. The molecule has 0 saturated heterocycles. The summed E-state index contributed by atoms with van der Waals surface area (Å²) in [6.45, 7) is 16.0. The van der Waals surface area contributed by atoms with E-state index in [1.54, 1.807) is 20.8 Å². The SMILES string of the molecule is CCC(C)(C)C(C)(C)CCC(NC(=O)OC(C)(C)C)C(=O)O. The largest absolute Gasteiger partial charge is 0.480 e. The summed E-state index contributed by atoms with van der Waals surface area (Å²) in [5, 5.41) is 11.8. The maximum Gasteiger partial charge on any atom is 0.408 e. The average molecular weight is 315 g/mol. The predicted molar refractivity (Wildman–Crippen MR) is 87.9 cm³/mol. The van der Waals surface area contributed by atoms with Gasteiger partial charge in [0.25, 0.3) is 0 Å². The lowest BCUT2D eigenvalue weighted by Crippen LogP contribution is -2.44. The third-order valence-corrected chi connectivity index (χ3v) is 4.76. The van der Waals surface area contributed by atoms with Crippen molar-refractivity contribution in [2.45, 2.75) is 86.3 Å². The van der Waals surface area contributed by atoms with E-state index in [4.69, 9.17) is 4.74 Å². The monoisotopic (exact) mass is 315 g/mol. The van der Waals surface area contributed by atoms with Gasteiger partial charge in [0.1, 0.15) is 11.6 Å². The van der Waals surface area contributed by atoms with Crippen molar-refractivity contribution in [3.63, 3.8) is 0 Å². The molecule has 1 unspecified atom stereocenters. The van der Waals surface area contributed by atoms with Crippen LogP contribution >= 0.6 is 0 Å². The second kappa shape index (κ2) is 7.34. The minimum atomic E-state index is -1.03. The molecule has 0 aromatic rings. The number of alkyl carbamates (subject to hydrolysis) is 1. The number of carboxylic acid groups (broad SMARTS) is 1. The van der Waals surface area contributed by atoms with Gasteiger partial charge in [0.15, 0.2) is 0 Å². The van der Waals surface area contributed by atoms with Crippen LogP contribution in [0.3, 0.4) is 0 Å². The summed E-state index contributed by atoms with van der Waals surface area (Å²) < 4.78 is 5.13. The van der Waals surface area contributed by atoms with Crippen LogP contribution in [0.15, 0.2) is 0 Å². The second-order valence-electron chi connectivity index (χ2n) is 8.20. The second-order valence-corrected chi connectivity index (χ2v) is 8.20. The van der Waals surface area contributed by atoms with Crippen LogP contribution in [-0.2, 0) is 9.53 Å². The van der Waals surface area contributed by atoms with Gasteiger partial charge >= 0.3 is 12.1 Å². The summed E-state index contributed by atoms with van der Waals surface area (Å²) in [6, 6.07) is -0.929. The van der Waals surface area contributed by atoms with Crippen molar-refractivity contribution in [3.05, 3.63) is 0 Å². The zero-order valence-corrected chi connectivity index (χ0v) is 15.4. The quantitative estimate of drug-likeness (QED) is 0.738. The first-order chi connectivity index (χ1) is 9.72. The van der Waals surface area contributed by atoms with Crippen LogP contribution in [0.2, 0.25) is 0 Å². The van der Waals surface area contributed by atoms with Crippen molar-refractivity contribution >= 4 is 12.1 Å². The molecule has 0 fully saturated rings. The smallest absolute Gasteiger partial charge is 0.408 e. The molecule has 0 radical (unpaired) electrons. The van der Waals surface area contributed by atoms with Crippen molar-refractivity contribution in [1.82, 2.24) is 5.32 Å². The van der Waals surface area contributed by atoms with Crippen molar-refractivity contribution in [2.75, 3.05) is 0 Å². The van der Waals surface area contributed by atoms with E-state index in [2.05, 4.69) is 39.9 Å². The van der Waals surface area contributed by atoms with Gasteiger partial charge in [-0.3, -0.25) is 0 Å². The van der Waals surface area contributed by atoms with Gasteiger partial charge < -0.3 is 15.2 Å². The highest BCUT2D eigenvalue weighted by molar-refractivity contribution is 5.79. The van der Waals surface area contributed by atoms with Crippen LogP contribution in [-0.4, -0.2) is 28.8 Å². The third kappa shape index (κ3) is 6.67. The van der Waals surface area contributed by atoms with Crippen LogP contribution in [0, 0.1) is 10.8 Å². The summed E-state index contributed by atoms with van der Waals surface area (Å²) in [7, 11) is 0. The molecule has 0 aromatic carbocycles. The fraction of sp³-hybridized carbons (Fsp3) is 0.882. The fourth-order valence-electron chi connectivity index (χ4n) is 2.03. The lowest BCUT2D eigenvalue weighted by Gasteiger charge is -2.42. The fourth-order valence-corrected chi connectivity index (χ4v) is 2.03. The Morgan fingerprint density at radius 1 is 1.05 bits per heavy atom. The Labute approximate surface area is 134 Å². The molecule has 0 aliphatic heterocycles. The number of carboxylic acids is 1. The molecule has 5 nitrogen and oxygen atoms in total. The molecule has 0 saturated carbocycles. The van der Waals surface area contributed by atoms with E-state index in [0.29, 0.717) is 12.8 Å². The number of hydrogen-bond donors (Lipinski definition) is 2. The lowest BCUT2D eigenvalue weighted by molar-refractivity contribution is -0.140. The molecule has 0 aromatic heterocycles. The van der Waals surface area contributed by atoms with E-state index < -0.39 is 23.7 Å². The number of ether oxygens (including phenoxy) is 1. The van der Waals surface area contributed by atoms with Gasteiger partial charge in [-0.1, -0.05) is 41.0 Å². The van der Waals surface area contributed by atoms with Crippen molar-refractivity contribution in [3.8, 4) is 0 Å². The molecule has 5 heteroatoms. The van der Waals surface area contributed by atoms with Gasteiger partial charge in [0, 0.05) is 0 Å². The molecular weight excluding hydrogens is 282 g/mol. The summed E-state index contributed by atoms with van der Waals surface area (Å²) in [4.78, 5) is 23.1. The molecule has 2 N–H and O–H groups in total. The van der Waals surface area contributed by atoms with E-state index in [9.17, 15) is 14.7 Å². The Morgan fingerprint density at radius 2 is 1.55 bits per heavy atom. The Hall–Kier alpha value is -1.26. The van der Waals surface area contributed by atoms with E-state index in [1.807, 2.05) is 0 Å². The molecule has 0 bridgehead atoms. The molecule has 1 atom stereocenters. The molecule has 130 valence electrons. The first-order valence-electron chi connectivity index (χ1n) is 7.94.